The van der Waals surface area contributed by atoms with Crippen molar-refractivity contribution in [2.24, 2.45) is 0 Å². The quantitative estimate of drug-likeness (QED) is 0.565. The fourth-order valence-electron chi connectivity index (χ4n) is 3.89. The van der Waals surface area contributed by atoms with Crippen LogP contribution in [0.1, 0.15) is 25.0 Å². The summed E-state index contributed by atoms with van der Waals surface area (Å²) in [6, 6.07) is 20.1. The summed E-state index contributed by atoms with van der Waals surface area (Å²) in [6.45, 7) is 4.04. The standard InChI is InChI=1S/C26H24N4O3/c1-3-29(22-7-5-4-6-8-22)24-23(20-9-11-21(12-10-20)28-18(2)31)25(32)30(26(24)33)17-19-13-15-27-16-14-19/h4-16H,3,17H2,1-2H3,(H,28,31). The van der Waals surface area contributed by atoms with Crippen LogP contribution in [-0.4, -0.2) is 34.2 Å². The Hall–Kier alpha value is -4.26. The average Bonchev–Trinajstić information content (AvgIpc) is 3.06. The molecule has 0 spiro atoms. The number of carbonyl (C=O) groups excluding carboxylic acids is 3. The van der Waals surface area contributed by atoms with E-state index in [4.69, 9.17) is 0 Å². The molecule has 1 aromatic heterocycles. The zero-order valence-corrected chi connectivity index (χ0v) is 18.5. The molecule has 2 aromatic carbocycles. The van der Waals surface area contributed by atoms with Crippen molar-refractivity contribution in [3.63, 3.8) is 0 Å². The van der Waals surface area contributed by atoms with Gasteiger partial charge in [0.05, 0.1) is 12.1 Å². The van der Waals surface area contributed by atoms with Crippen molar-refractivity contribution in [3.8, 4) is 0 Å². The highest BCUT2D eigenvalue weighted by Crippen LogP contribution is 2.35. The number of para-hydroxylation sites is 1. The summed E-state index contributed by atoms with van der Waals surface area (Å²) >= 11 is 0. The molecule has 166 valence electrons. The van der Waals surface area contributed by atoms with Crippen LogP contribution < -0.4 is 10.2 Å². The molecule has 7 heteroatoms. The van der Waals surface area contributed by atoms with E-state index in [-0.39, 0.29) is 24.3 Å². The first-order valence-electron chi connectivity index (χ1n) is 10.7. The minimum absolute atomic E-state index is 0.156. The van der Waals surface area contributed by atoms with Gasteiger partial charge < -0.3 is 10.2 Å². The smallest absolute Gasteiger partial charge is 0.278 e. The van der Waals surface area contributed by atoms with Gasteiger partial charge in [-0.2, -0.15) is 0 Å². The Morgan fingerprint density at radius 2 is 1.61 bits per heavy atom. The molecule has 1 aliphatic heterocycles. The number of carbonyl (C=O) groups is 3. The van der Waals surface area contributed by atoms with E-state index >= 15 is 0 Å². The fourth-order valence-corrected chi connectivity index (χ4v) is 3.89. The van der Waals surface area contributed by atoms with Gasteiger partial charge in [-0.15, -0.1) is 0 Å². The van der Waals surface area contributed by atoms with Crippen LogP contribution in [0.3, 0.4) is 0 Å². The topological polar surface area (TPSA) is 82.6 Å². The average molecular weight is 441 g/mol. The monoisotopic (exact) mass is 440 g/mol. The van der Waals surface area contributed by atoms with Crippen LogP contribution in [0.2, 0.25) is 0 Å². The van der Waals surface area contributed by atoms with Gasteiger partial charge in [-0.1, -0.05) is 30.3 Å². The van der Waals surface area contributed by atoms with Crippen molar-refractivity contribution >= 4 is 34.7 Å². The molecule has 0 bridgehead atoms. The van der Waals surface area contributed by atoms with E-state index in [0.717, 1.165) is 11.3 Å². The maximum Gasteiger partial charge on any atom is 0.278 e. The molecular formula is C26H24N4O3. The molecule has 2 heterocycles. The molecule has 3 aromatic rings. The second kappa shape index (κ2) is 9.48. The second-order valence-corrected chi connectivity index (χ2v) is 7.61. The van der Waals surface area contributed by atoms with Gasteiger partial charge in [0.1, 0.15) is 5.70 Å². The number of benzene rings is 2. The number of hydrogen-bond acceptors (Lipinski definition) is 5. The molecule has 4 rings (SSSR count). The van der Waals surface area contributed by atoms with Crippen LogP contribution in [0, 0.1) is 0 Å². The number of nitrogens with zero attached hydrogens (tertiary/aromatic N) is 3. The third-order valence-corrected chi connectivity index (χ3v) is 5.38. The Kier molecular flexibility index (Phi) is 6.31. The van der Waals surface area contributed by atoms with Gasteiger partial charge in [0.25, 0.3) is 11.8 Å². The summed E-state index contributed by atoms with van der Waals surface area (Å²) in [6.07, 6.45) is 3.28. The summed E-state index contributed by atoms with van der Waals surface area (Å²) < 4.78 is 0. The SMILES string of the molecule is CCN(C1=C(c2ccc(NC(C)=O)cc2)C(=O)N(Cc2ccncc2)C1=O)c1ccccc1. The van der Waals surface area contributed by atoms with E-state index in [1.807, 2.05) is 42.2 Å². The molecule has 33 heavy (non-hydrogen) atoms. The first-order chi connectivity index (χ1) is 16.0. The lowest BCUT2D eigenvalue weighted by atomic mass is 10.0. The van der Waals surface area contributed by atoms with Crippen LogP contribution in [0.4, 0.5) is 11.4 Å². The number of aromatic nitrogens is 1. The van der Waals surface area contributed by atoms with E-state index in [9.17, 15) is 14.4 Å². The van der Waals surface area contributed by atoms with Crippen LogP contribution >= 0.6 is 0 Å². The van der Waals surface area contributed by atoms with Crippen LogP contribution in [-0.2, 0) is 20.9 Å². The number of imide groups is 1. The second-order valence-electron chi connectivity index (χ2n) is 7.61. The normalized spacial score (nSPS) is 13.5. The van der Waals surface area contributed by atoms with Crippen LogP contribution in [0.5, 0.6) is 0 Å². The van der Waals surface area contributed by atoms with E-state index < -0.39 is 0 Å². The lowest BCUT2D eigenvalue weighted by Crippen LogP contribution is -2.34. The van der Waals surface area contributed by atoms with Gasteiger partial charge in [-0.25, -0.2) is 0 Å². The lowest BCUT2D eigenvalue weighted by molar-refractivity contribution is -0.137. The van der Waals surface area contributed by atoms with Crippen molar-refractivity contribution in [1.29, 1.82) is 0 Å². The molecule has 1 N–H and O–H groups in total. The summed E-state index contributed by atoms with van der Waals surface area (Å²) in [5, 5.41) is 2.72. The summed E-state index contributed by atoms with van der Waals surface area (Å²) in [7, 11) is 0. The van der Waals surface area contributed by atoms with E-state index in [0.29, 0.717) is 29.1 Å². The Morgan fingerprint density at radius 3 is 2.21 bits per heavy atom. The predicted molar refractivity (Wildman–Crippen MR) is 127 cm³/mol. The van der Waals surface area contributed by atoms with Gasteiger partial charge in [0.2, 0.25) is 5.91 Å². The number of rotatable bonds is 7. The Morgan fingerprint density at radius 1 is 0.939 bits per heavy atom. The largest absolute Gasteiger partial charge is 0.337 e. The third kappa shape index (κ3) is 4.52. The highest BCUT2D eigenvalue weighted by Gasteiger charge is 2.41. The molecule has 0 aliphatic carbocycles. The lowest BCUT2D eigenvalue weighted by Gasteiger charge is -2.25. The van der Waals surface area contributed by atoms with Crippen LogP contribution in [0.15, 0.2) is 84.8 Å². The summed E-state index contributed by atoms with van der Waals surface area (Å²) in [4.78, 5) is 45.7. The molecule has 0 radical (unpaired) electrons. The molecule has 0 saturated carbocycles. The molecule has 0 atom stereocenters. The van der Waals surface area contributed by atoms with E-state index in [2.05, 4.69) is 10.3 Å². The third-order valence-electron chi connectivity index (χ3n) is 5.38. The first kappa shape index (κ1) is 22.0. The molecule has 0 saturated heterocycles. The van der Waals surface area contributed by atoms with Gasteiger partial charge in [-0.3, -0.25) is 24.3 Å². The molecular weight excluding hydrogens is 416 g/mol. The first-order valence-corrected chi connectivity index (χ1v) is 10.7. The van der Waals surface area contributed by atoms with Crippen LogP contribution in [0.25, 0.3) is 5.57 Å². The predicted octanol–water partition coefficient (Wildman–Crippen LogP) is 3.85. The fraction of sp³-hybridized carbons (Fsp3) is 0.154. The van der Waals surface area contributed by atoms with E-state index in [1.165, 1.54) is 11.8 Å². The van der Waals surface area contributed by atoms with Gasteiger partial charge >= 0.3 is 0 Å². The zero-order valence-electron chi connectivity index (χ0n) is 18.5. The maximum atomic E-state index is 13.6. The van der Waals surface area contributed by atoms with Crippen molar-refractivity contribution in [2.45, 2.75) is 20.4 Å². The number of likely N-dealkylation sites (N-methyl/N-ethyl adjacent to an activating group) is 1. The number of amides is 3. The Balaban J connectivity index is 1.79. The van der Waals surface area contributed by atoms with Gasteiger partial charge in [-0.05, 0) is 54.4 Å². The zero-order chi connectivity index (χ0) is 23.4. The van der Waals surface area contributed by atoms with Crippen molar-refractivity contribution in [1.82, 2.24) is 9.88 Å². The van der Waals surface area contributed by atoms with Gasteiger partial charge in [0.15, 0.2) is 0 Å². The molecule has 0 fully saturated rings. The minimum Gasteiger partial charge on any atom is -0.337 e. The van der Waals surface area contributed by atoms with Crippen molar-refractivity contribution in [2.75, 3.05) is 16.8 Å². The highest BCUT2D eigenvalue weighted by molar-refractivity contribution is 6.36. The van der Waals surface area contributed by atoms with Crippen molar-refractivity contribution in [3.05, 3.63) is 95.9 Å². The number of pyridine rings is 1. The highest BCUT2D eigenvalue weighted by atomic mass is 16.2. The molecule has 0 unspecified atom stereocenters. The maximum absolute atomic E-state index is 13.6. The molecule has 1 aliphatic rings. The Bertz CT molecular complexity index is 1210. The Labute approximate surface area is 192 Å². The molecule has 3 amide bonds. The number of nitrogens with one attached hydrogen (secondary N) is 1. The van der Waals surface area contributed by atoms with Gasteiger partial charge in [0, 0.05) is 37.2 Å². The number of hydrogen-bond donors (Lipinski definition) is 1. The molecule has 7 nitrogen and oxygen atoms in total. The van der Waals surface area contributed by atoms with Crippen molar-refractivity contribution < 1.29 is 14.4 Å². The number of anilines is 2. The van der Waals surface area contributed by atoms with E-state index in [1.54, 1.807) is 48.8 Å². The summed E-state index contributed by atoms with van der Waals surface area (Å²) in [5.41, 5.74) is 3.56. The minimum atomic E-state index is -0.353. The summed E-state index contributed by atoms with van der Waals surface area (Å²) in [5.74, 6) is -0.878.